The van der Waals surface area contributed by atoms with Gasteiger partial charge < -0.3 is 0 Å². The molecule has 0 aromatic carbocycles. The molecular formula is CH3BFIP. The van der Waals surface area contributed by atoms with Gasteiger partial charge in [0.1, 0.15) is 0 Å². The minimum atomic E-state index is -1.24. The Hall–Kier alpha value is 1.15. The molecule has 29 valence electrons. The molecule has 0 heterocycles. The molecule has 0 saturated carbocycles. The lowest BCUT2D eigenvalue weighted by atomic mass is 10.8. The molecule has 0 spiro atoms. The van der Waals surface area contributed by atoms with Crippen LogP contribution in [0.25, 0.3) is 0 Å². The molecule has 0 aliphatic carbocycles. The van der Waals surface area contributed by atoms with E-state index in [1.54, 1.807) is 6.66 Å². The normalized spacial score (nSPS) is 14.2. The summed E-state index contributed by atoms with van der Waals surface area (Å²) < 4.78 is 11.4. The topological polar surface area (TPSA) is 0 Å². The molecule has 0 aromatic heterocycles. The first-order valence-electron chi connectivity index (χ1n) is 1.09. The Morgan fingerprint density at radius 3 is 2.20 bits per heavy atom. The third-order valence-corrected chi connectivity index (χ3v) is 2.71. The molecule has 1 radical (unpaired) electrons. The van der Waals surface area contributed by atoms with E-state index >= 15 is 0 Å². The van der Waals surface area contributed by atoms with Crippen molar-refractivity contribution >= 4 is 35.3 Å². The quantitative estimate of drug-likeness (QED) is 0.347. The van der Waals surface area contributed by atoms with Gasteiger partial charge in [0.2, 0.25) is 0 Å². The third-order valence-electron chi connectivity index (χ3n) is 0.134. The highest BCUT2D eigenvalue weighted by Gasteiger charge is 1.91. The van der Waals surface area contributed by atoms with E-state index in [-0.39, 0.29) is 0 Å². The summed E-state index contributed by atoms with van der Waals surface area (Å²) in [6.07, 6.45) is 0. The zero-order chi connectivity index (χ0) is 4.28. The average Bonchev–Trinajstić information content (AvgIpc) is 1.38. The predicted octanol–water partition coefficient (Wildman–Crippen LogP) is 1.95. The van der Waals surface area contributed by atoms with E-state index in [2.05, 4.69) is 0 Å². The molecule has 0 rings (SSSR count). The van der Waals surface area contributed by atoms with Crippen LogP contribution in [0.4, 0.5) is 4.20 Å². The molecule has 0 saturated heterocycles. The van der Waals surface area contributed by atoms with Gasteiger partial charge in [-0.3, -0.25) is 0 Å². The van der Waals surface area contributed by atoms with Crippen molar-refractivity contribution in [1.82, 2.24) is 0 Å². The number of hydrogen-bond acceptors (Lipinski definition) is 0. The molecule has 0 aliphatic heterocycles. The number of rotatable bonds is 1. The van der Waals surface area contributed by atoms with Gasteiger partial charge in [0, 0.05) is 8.11 Å². The van der Waals surface area contributed by atoms with Crippen molar-refractivity contribution in [2.24, 2.45) is 0 Å². The average molecular weight is 203 g/mol. The van der Waals surface area contributed by atoms with Gasteiger partial charge in [-0.05, 0) is 6.66 Å². The lowest BCUT2D eigenvalue weighted by Gasteiger charge is -1.82. The molecule has 5 heavy (non-hydrogen) atoms. The molecular weight excluding hydrogens is 200 g/mol. The van der Waals surface area contributed by atoms with Gasteiger partial charge in [0.25, 0.3) is 4.86 Å². The van der Waals surface area contributed by atoms with Gasteiger partial charge in [0.05, 0.1) is 0 Å². The first-order chi connectivity index (χ1) is 2.27. The summed E-state index contributed by atoms with van der Waals surface area (Å²) in [5.41, 5.74) is 0. The van der Waals surface area contributed by atoms with Crippen LogP contribution in [0.3, 0.4) is 0 Å². The summed E-state index contributed by atoms with van der Waals surface area (Å²) in [4.78, 5) is 1.53. The first-order valence-corrected chi connectivity index (χ1v) is 4.09. The summed E-state index contributed by atoms with van der Waals surface area (Å²) in [5, 5.41) is 0. The van der Waals surface area contributed by atoms with Crippen LogP contribution < -0.4 is 0 Å². The maximum absolute atomic E-state index is 11.4. The highest BCUT2D eigenvalue weighted by atomic mass is 127. The Labute approximate surface area is 46.5 Å². The molecule has 1 unspecified atom stereocenters. The fourth-order valence-electron chi connectivity index (χ4n) is 0. The van der Waals surface area contributed by atoms with Gasteiger partial charge in [0.15, 0.2) is 0 Å². The third kappa shape index (κ3) is 5.15. The smallest absolute Gasteiger partial charge is 0.238 e. The monoisotopic (exact) mass is 203 g/mol. The second-order valence-electron chi connectivity index (χ2n) is 0.622. The van der Waals surface area contributed by atoms with Crippen molar-refractivity contribution in [1.29, 1.82) is 0 Å². The molecule has 0 amide bonds. The molecule has 4 heteroatoms. The largest absolute Gasteiger partial charge is 0.275 e. The SMILES string of the molecule is CP(F)[B]I. The van der Waals surface area contributed by atoms with Crippen molar-refractivity contribution in [2.45, 2.75) is 0 Å². The molecule has 1 atom stereocenters. The van der Waals surface area contributed by atoms with E-state index in [0.29, 0.717) is 0 Å². The highest BCUT2D eigenvalue weighted by Crippen LogP contribution is 2.30. The van der Waals surface area contributed by atoms with Crippen LogP contribution >= 0.6 is 30.5 Å². The molecule has 0 bridgehead atoms. The first kappa shape index (κ1) is 6.15. The summed E-state index contributed by atoms with van der Waals surface area (Å²) in [5.74, 6) is 0. The van der Waals surface area contributed by atoms with Crippen molar-refractivity contribution in [3.8, 4) is 0 Å². The van der Waals surface area contributed by atoms with Crippen molar-refractivity contribution in [3.63, 3.8) is 0 Å². The lowest BCUT2D eigenvalue weighted by molar-refractivity contribution is 0.918. The van der Waals surface area contributed by atoms with E-state index in [1.807, 2.05) is 22.4 Å². The Kier molecular flexibility index (Phi) is 4.12. The van der Waals surface area contributed by atoms with Gasteiger partial charge in [-0.2, -0.15) is 0 Å². The Morgan fingerprint density at radius 1 is 2.00 bits per heavy atom. The predicted molar refractivity (Wildman–Crippen MR) is 33.7 cm³/mol. The summed E-state index contributed by atoms with van der Waals surface area (Å²) in [6, 6.07) is 0. The van der Waals surface area contributed by atoms with Crippen molar-refractivity contribution in [3.05, 3.63) is 0 Å². The van der Waals surface area contributed by atoms with E-state index < -0.39 is 8.11 Å². The van der Waals surface area contributed by atoms with Gasteiger partial charge in [-0.25, -0.2) is 4.20 Å². The van der Waals surface area contributed by atoms with Crippen LogP contribution in [0.15, 0.2) is 0 Å². The Balaban J connectivity index is 2.54. The fourth-order valence-corrected chi connectivity index (χ4v) is 0. The Bertz CT molecular complexity index is 25.6. The summed E-state index contributed by atoms with van der Waals surface area (Å²) >= 11 is 1.91. The maximum Gasteiger partial charge on any atom is 0.275 e. The van der Waals surface area contributed by atoms with Gasteiger partial charge in [-0.1, -0.05) is 0 Å². The second kappa shape index (κ2) is 3.35. The van der Waals surface area contributed by atoms with Crippen molar-refractivity contribution in [2.75, 3.05) is 6.66 Å². The number of hydrogen-bond donors (Lipinski definition) is 0. The summed E-state index contributed by atoms with van der Waals surface area (Å²) in [6.45, 7) is 1.56. The van der Waals surface area contributed by atoms with Crippen LogP contribution in [0, 0.1) is 0 Å². The minimum absolute atomic E-state index is 1.24. The van der Waals surface area contributed by atoms with Crippen molar-refractivity contribution < 1.29 is 4.20 Å². The lowest BCUT2D eigenvalue weighted by Crippen LogP contribution is -1.59. The summed E-state index contributed by atoms with van der Waals surface area (Å²) in [7, 11) is -1.24. The standard InChI is InChI=1S/CH3BFIP/c1-5(3)2-4/h1H3. The Morgan fingerprint density at radius 2 is 2.20 bits per heavy atom. The molecule has 0 nitrogen and oxygen atoms in total. The van der Waals surface area contributed by atoms with Crippen LogP contribution in [-0.4, -0.2) is 11.5 Å². The number of halogens is 2. The molecule has 0 aliphatic rings. The van der Waals surface area contributed by atoms with E-state index in [0.717, 1.165) is 0 Å². The van der Waals surface area contributed by atoms with E-state index in [4.69, 9.17) is 0 Å². The van der Waals surface area contributed by atoms with Crippen LogP contribution in [0.5, 0.6) is 0 Å². The van der Waals surface area contributed by atoms with Gasteiger partial charge in [-0.15, -0.1) is 22.4 Å². The zero-order valence-electron chi connectivity index (χ0n) is 2.78. The van der Waals surface area contributed by atoms with Gasteiger partial charge >= 0.3 is 0 Å². The minimum Gasteiger partial charge on any atom is -0.238 e. The van der Waals surface area contributed by atoms with Crippen LogP contribution in [0.1, 0.15) is 0 Å². The van der Waals surface area contributed by atoms with E-state index in [1.165, 1.54) is 4.86 Å². The van der Waals surface area contributed by atoms with Crippen LogP contribution in [-0.2, 0) is 0 Å². The molecule has 0 N–H and O–H groups in total. The second-order valence-corrected chi connectivity index (χ2v) is 3.54. The van der Waals surface area contributed by atoms with Crippen LogP contribution in [0.2, 0.25) is 0 Å². The molecule has 0 aromatic rings. The fraction of sp³-hybridized carbons (Fsp3) is 1.00. The molecule has 0 fully saturated rings. The zero-order valence-corrected chi connectivity index (χ0v) is 5.83. The highest BCUT2D eigenvalue weighted by molar-refractivity contribution is 14.1. The maximum atomic E-state index is 11.4. The van der Waals surface area contributed by atoms with E-state index in [9.17, 15) is 4.20 Å².